The Hall–Kier alpha value is -1.71. The van der Waals surface area contributed by atoms with Crippen molar-refractivity contribution >= 4 is 5.96 Å². The highest BCUT2D eigenvalue weighted by Crippen LogP contribution is 2.18. The summed E-state index contributed by atoms with van der Waals surface area (Å²) < 4.78 is 5.35. The first kappa shape index (κ1) is 17.3. The molecule has 0 atom stereocenters. The molecule has 0 aliphatic carbocycles. The second-order valence-corrected chi connectivity index (χ2v) is 5.19. The van der Waals surface area contributed by atoms with E-state index < -0.39 is 0 Å². The summed E-state index contributed by atoms with van der Waals surface area (Å²) in [6.07, 6.45) is 4.63. The maximum absolute atomic E-state index is 5.35. The third-order valence-electron chi connectivity index (χ3n) is 3.47. The molecule has 0 amide bonds. The number of aliphatic imine (C=N–C) groups is 1. The van der Waals surface area contributed by atoms with Gasteiger partial charge in [-0.2, -0.15) is 0 Å². The Morgan fingerprint density at radius 3 is 2.62 bits per heavy atom. The number of nitrogens with one attached hydrogen (secondary N) is 2. The molecule has 0 aliphatic heterocycles. The van der Waals surface area contributed by atoms with Gasteiger partial charge in [0.2, 0.25) is 0 Å². The van der Waals surface area contributed by atoms with Crippen LogP contribution in [0.1, 0.15) is 37.3 Å². The van der Waals surface area contributed by atoms with Gasteiger partial charge in [0.05, 0.1) is 7.11 Å². The molecule has 0 unspecified atom stereocenters. The highest BCUT2D eigenvalue weighted by molar-refractivity contribution is 5.79. The molecule has 0 bridgehead atoms. The molecule has 1 rings (SSSR count). The maximum atomic E-state index is 5.35. The monoisotopic (exact) mass is 291 g/mol. The zero-order chi connectivity index (χ0) is 15.5. The van der Waals surface area contributed by atoms with Crippen LogP contribution in [0.4, 0.5) is 0 Å². The number of hydrogen-bond donors (Lipinski definition) is 2. The van der Waals surface area contributed by atoms with Crippen molar-refractivity contribution in [2.45, 2.75) is 39.5 Å². The fraction of sp³-hybridized carbons (Fsp3) is 0.588. The second-order valence-electron chi connectivity index (χ2n) is 5.19. The number of rotatable bonds is 8. The van der Waals surface area contributed by atoms with Gasteiger partial charge in [0.15, 0.2) is 5.96 Å². The van der Waals surface area contributed by atoms with E-state index in [0.29, 0.717) is 0 Å². The average molecular weight is 291 g/mol. The first-order valence-electron chi connectivity index (χ1n) is 7.79. The lowest BCUT2D eigenvalue weighted by atomic mass is 10.1. The van der Waals surface area contributed by atoms with Crippen LogP contribution in [-0.2, 0) is 6.42 Å². The minimum atomic E-state index is 0.861. The number of unbranched alkanes of at least 4 members (excludes halogenated alkanes) is 2. The van der Waals surface area contributed by atoms with E-state index in [-0.39, 0.29) is 0 Å². The molecule has 0 saturated heterocycles. The Bertz CT molecular complexity index is 444. The molecule has 4 nitrogen and oxygen atoms in total. The van der Waals surface area contributed by atoms with Crippen LogP contribution < -0.4 is 15.4 Å². The lowest BCUT2D eigenvalue weighted by Gasteiger charge is -2.12. The summed E-state index contributed by atoms with van der Waals surface area (Å²) in [5.74, 6) is 1.83. The van der Waals surface area contributed by atoms with Gasteiger partial charge in [-0.25, -0.2) is 0 Å². The van der Waals surface area contributed by atoms with E-state index in [1.54, 1.807) is 7.11 Å². The molecule has 0 saturated carbocycles. The van der Waals surface area contributed by atoms with E-state index in [1.165, 1.54) is 30.4 Å². The molecular weight excluding hydrogens is 262 g/mol. The van der Waals surface area contributed by atoms with Crippen molar-refractivity contribution in [1.82, 2.24) is 10.6 Å². The molecule has 1 aromatic rings. The summed E-state index contributed by atoms with van der Waals surface area (Å²) in [6, 6.07) is 6.36. The van der Waals surface area contributed by atoms with Gasteiger partial charge in [-0.15, -0.1) is 0 Å². The third kappa shape index (κ3) is 6.52. The van der Waals surface area contributed by atoms with Crippen molar-refractivity contribution in [2.75, 3.05) is 27.2 Å². The zero-order valence-corrected chi connectivity index (χ0v) is 13.8. The number of benzene rings is 1. The Morgan fingerprint density at radius 1 is 1.19 bits per heavy atom. The molecule has 118 valence electrons. The molecule has 0 spiro atoms. The van der Waals surface area contributed by atoms with Gasteiger partial charge in [0.25, 0.3) is 0 Å². The van der Waals surface area contributed by atoms with Crippen molar-refractivity contribution in [3.05, 3.63) is 29.3 Å². The average Bonchev–Trinajstić information content (AvgIpc) is 2.51. The van der Waals surface area contributed by atoms with Crippen LogP contribution in [0, 0.1) is 6.92 Å². The second kappa shape index (κ2) is 10.1. The predicted octanol–water partition coefficient (Wildman–Crippen LogP) is 2.90. The lowest BCUT2D eigenvalue weighted by Crippen LogP contribution is -2.38. The molecule has 0 aromatic heterocycles. The Labute approximate surface area is 129 Å². The van der Waals surface area contributed by atoms with E-state index >= 15 is 0 Å². The molecule has 21 heavy (non-hydrogen) atoms. The van der Waals surface area contributed by atoms with Crippen molar-refractivity contribution in [3.63, 3.8) is 0 Å². The van der Waals surface area contributed by atoms with Crippen molar-refractivity contribution < 1.29 is 4.74 Å². The summed E-state index contributed by atoms with van der Waals surface area (Å²) in [5.41, 5.74) is 2.44. The van der Waals surface area contributed by atoms with E-state index in [4.69, 9.17) is 4.74 Å². The van der Waals surface area contributed by atoms with Crippen LogP contribution in [0.3, 0.4) is 0 Å². The van der Waals surface area contributed by atoms with Crippen LogP contribution in [-0.4, -0.2) is 33.2 Å². The zero-order valence-electron chi connectivity index (χ0n) is 13.8. The first-order chi connectivity index (χ1) is 10.2. The van der Waals surface area contributed by atoms with Crippen LogP contribution in [0.5, 0.6) is 5.75 Å². The number of nitrogens with zero attached hydrogens (tertiary/aromatic N) is 1. The van der Waals surface area contributed by atoms with E-state index in [1.807, 2.05) is 7.05 Å². The molecule has 0 fully saturated rings. The summed E-state index contributed by atoms with van der Waals surface area (Å²) in [4.78, 5) is 4.23. The minimum Gasteiger partial charge on any atom is -0.496 e. The predicted molar refractivity (Wildman–Crippen MR) is 90.3 cm³/mol. The molecule has 4 heteroatoms. The molecule has 0 heterocycles. The Morgan fingerprint density at radius 2 is 1.95 bits per heavy atom. The van der Waals surface area contributed by atoms with Gasteiger partial charge in [0, 0.05) is 20.1 Å². The van der Waals surface area contributed by atoms with Crippen LogP contribution >= 0.6 is 0 Å². The smallest absolute Gasteiger partial charge is 0.190 e. The fourth-order valence-electron chi connectivity index (χ4n) is 2.15. The number of hydrogen-bond acceptors (Lipinski definition) is 2. The summed E-state index contributed by atoms with van der Waals surface area (Å²) in [6.45, 7) is 6.11. The summed E-state index contributed by atoms with van der Waals surface area (Å²) in [7, 11) is 3.52. The van der Waals surface area contributed by atoms with Crippen LogP contribution in [0.25, 0.3) is 0 Å². The highest BCUT2D eigenvalue weighted by atomic mass is 16.5. The number of methoxy groups -OCH3 is 1. The summed E-state index contributed by atoms with van der Waals surface area (Å²) in [5, 5.41) is 6.68. The largest absolute Gasteiger partial charge is 0.496 e. The number of ether oxygens (including phenoxy) is 1. The molecule has 0 aliphatic rings. The SMILES string of the molecule is CCCCCNC(=NC)NCCc1ccc(C)c(OC)c1. The summed E-state index contributed by atoms with van der Waals surface area (Å²) >= 11 is 0. The normalized spacial score (nSPS) is 11.3. The Kier molecular flexibility index (Phi) is 8.32. The van der Waals surface area contributed by atoms with E-state index in [9.17, 15) is 0 Å². The van der Waals surface area contributed by atoms with Gasteiger partial charge in [-0.3, -0.25) is 4.99 Å². The van der Waals surface area contributed by atoms with Crippen molar-refractivity contribution in [1.29, 1.82) is 0 Å². The standard InChI is InChI=1S/C17H29N3O/c1-5-6-7-11-19-17(18-3)20-12-10-15-9-8-14(2)16(13-15)21-4/h8-9,13H,5-7,10-12H2,1-4H3,(H2,18,19,20). The van der Waals surface area contributed by atoms with E-state index in [2.05, 4.69) is 47.7 Å². The van der Waals surface area contributed by atoms with Gasteiger partial charge < -0.3 is 15.4 Å². The highest BCUT2D eigenvalue weighted by Gasteiger charge is 2.01. The van der Waals surface area contributed by atoms with Crippen molar-refractivity contribution in [2.24, 2.45) is 4.99 Å². The van der Waals surface area contributed by atoms with Crippen LogP contribution in [0.15, 0.2) is 23.2 Å². The quantitative estimate of drug-likeness (QED) is 0.440. The molecule has 1 aromatic carbocycles. The maximum Gasteiger partial charge on any atom is 0.190 e. The van der Waals surface area contributed by atoms with Gasteiger partial charge in [-0.05, 0) is 37.0 Å². The van der Waals surface area contributed by atoms with Gasteiger partial charge in [0.1, 0.15) is 5.75 Å². The topological polar surface area (TPSA) is 45.7 Å². The van der Waals surface area contributed by atoms with Gasteiger partial charge in [-0.1, -0.05) is 31.9 Å². The first-order valence-corrected chi connectivity index (χ1v) is 7.79. The van der Waals surface area contributed by atoms with E-state index in [0.717, 1.165) is 31.2 Å². The molecule has 0 radical (unpaired) electrons. The van der Waals surface area contributed by atoms with Crippen molar-refractivity contribution in [3.8, 4) is 5.75 Å². The van der Waals surface area contributed by atoms with Gasteiger partial charge >= 0.3 is 0 Å². The number of guanidine groups is 1. The Balaban J connectivity index is 2.34. The molecular formula is C17H29N3O. The fourth-order valence-corrected chi connectivity index (χ4v) is 2.15. The lowest BCUT2D eigenvalue weighted by molar-refractivity contribution is 0.411. The minimum absolute atomic E-state index is 0.861. The third-order valence-corrected chi connectivity index (χ3v) is 3.47. The van der Waals surface area contributed by atoms with Crippen LogP contribution in [0.2, 0.25) is 0 Å². The number of aryl methyl sites for hydroxylation is 1. The molecule has 2 N–H and O–H groups in total.